The van der Waals surface area contributed by atoms with Crippen LogP contribution in [0.25, 0.3) is 10.2 Å². The molecule has 4 aliphatic rings. The van der Waals surface area contributed by atoms with E-state index in [2.05, 4.69) is 50.1 Å². The normalized spacial score (nSPS) is 27.5. The Morgan fingerprint density at radius 3 is 2.31 bits per heavy atom. The van der Waals surface area contributed by atoms with Crippen molar-refractivity contribution in [3.05, 3.63) is 57.8 Å². The van der Waals surface area contributed by atoms with Crippen LogP contribution in [0.2, 0.25) is 0 Å². The zero-order valence-corrected chi connectivity index (χ0v) is 32.1. The van der Waals surface area contributed by atoms with Crippen LogP contribution in [0.4, 0.5) is 23.2 Å². The number of aromatic nitrogens is 1. The molecule has 0 saturated heterocycles. The minimum Gasteiger partial charge on any atom is -0.384 e. The highest BCUT2D eigenvalue weighted by Crippen LogP contribution is 2.53. The van der Waals surface area contributed by atoms with Crippen LogP contribution < -0.4 is 10.6 Å². The molecule has 51 heavy (non-hydrogen) atoms. The number of nitrogens with one attached hydrogen (secondary N) is 2. The van der Waals surface area contributed by atoms with Crippen LogP contribution in [0.3, 0.4) is 0 Å². The lowest BCUT2D eigenvalue weighted by Crippen LogP contribution is -2.47. The second-order valence-electron chi connectivity index (χ2n) is 14.7. The van der Waals surface area contributed by atoms with Gasteiger partial charge in [0.2, 0.25) is 6.41 Å². The maximum Gasteiger partial charge on any atom is 0.419 e. The number of anilines is 1. The summed E-state index contributed by atoms with van der Waals surface area (Å²) in [6, 6.07) is 6.84. The van der Waals surface area contributed by atoms with Crippen molar-refractivity contribution in [2.45, 2.75) is 112 Å². The van der Waals surface area contributed by atoms with Crippen LogP contribution in [-0.4, -0.2) is 37.1 Å². The van der Waals surface area contributed by atoms with Crippen molar-refractivity contribution in [2.75, 3.05) is 19.0 Å². The maximum atomic E-state index is 13.3. The second-order valence-corrected chi connectivity index (χ2v) is 15.9. The molecule has 3 aromatic rings. The number of ether oxygens (including phenoxy) is 1. The number of fused-ring (bicyclic) bond motifs is 3. The van der Waals surface area contributed by atoms with Crippen molar-refractivity contribution in [3.63, 3.8) is 0 Å². The minimum atomic E-state index is -4.76. The monoisotopic (exact) mass is 733 g/mol. The van der Waals surface area contributed by atoms with Gasteiger partial charge in [-0.1, -0.05) is 54.0 Å². The number of carbonyl (C=O) groups excluding carboxylic acids is 2. The number of nitrogens with zero attached hydrogens (tertiary/aromatic N) is 1. The number of aryl methyl sites for hydroxylation is 1. The number of alkyl halides is 3. The summed E-state index contributed by atoms with van der Waals surface area (Å²) in [6.45, 7) is 16.3. The highest BCUT2D eigenvalue weighted by molar-refractivity contribution is 7.19. The minimum absolute atomic E-state index is 0.103. The summed E-state index contributed by atoms with van der Waals surface area (Å²) in [7, 11) is 1.80. The standard InChI is InChI=1S/C20H24N2OS.C10H20O.C8H5F4NO.C2H6/c1-10-13-5-6-14(9-13)18(10)22-20(23)17-15(12-3-4-12)7-8-16-19(17)24-11(2)21-16;1-5-10(3)8(2)6-9(10)7-11-4;9-7-2-1-5(13-4-14)3-6(7)8(10,11)12;1-2/h7-8,10,12-14,18H,3-6,9H2,1-2H3,(H,22,23);8-9H,5-7H2,1-4H3;1-4H,(H,13,14);1-2H3. The van der Waals surface area contributed by atoms with E-state index in [1.807, 2.05) is 26.1 Å². The summed E-state index contributed by atoms with van der Waals surface area (Å²) in [5.74, 6) is 3.21. The van der Waals surface area contributed by atoms with Gasteiger partial charge in [0.15, 0.2) is 0 Å². The smallest absolute Gasteiger partial charge is 0.384 e. The molecule has 2 aromatic carbocycles. The SMILES string of the molecule is CC.CCC1(C)C(C)CC1COC.Cc1nc2ccc(C3CC3)c(C(=O)NC3C4CCC(C4)C3C)c2s1.O=CNc1ccc(F)c(C(F)(F)F)c1. The Bertz CT molecular complexity index is 1640. The quantitative estimate of drug-likeness (QED) is 0.178. The summed E-state index contributed by atoms with van der Waals surface area (Å²) < 4.78 is 55.3. The molecule has 7 rings (SSSR count). The highest BCUT2D eigenvalue weighted by atomic mass is 32.1. The average molecular weight is 734 g/mol. The van der Waals surface area contributed by atoms with Crippen molar-refractivity contribution in [2.24, 2.45) is 35.0 Å². The van der Waals surface area contributed by atoms with Gasteiger partial charge in [-0.15, -0.1) is 11.3 Å². The molecule has 282 valence electrons. The zero-order valence-electron chi connectivity index (χ0n) is 31.3. The van der Waals surface area contributed by atoms with Crippen molar-refractivity contribution in [1.82, 2.24) is 10.3 Å². The van der Waals surface area contributed by atoms with E-state index < -0.39 is 17.6 Å². The van der Waals surface area contributed by atoms with Crippen LogP contribution >= 0.6 is 11.3 Å². The first kappa shape index (κ1) is 40.7. The Morgan fingerprint density at radius 1 is 1.08 bits per heavy atom. The fourth-order valence-electron chi connectivity index (χ4n) is 8.34. The Kier molecular flexibility index (Phi) is 13.7. The number of thiazole rings is 1. The van der Waals surface area contributed by atoms with E-state index in [-0.39, 0.29) is 18.0 Å². The van der Waals surface area contributed by atoms with Gasteiger partial charge in [-0.05, 0) is 116 Å². The van der Waals surface area contributed by atoms with Crippen molar-refractivity contribution < 1.29 is 31.9 Å². The molecule has 1 heterocycles. The molecule has 2 amide bonds. The molecule has 4 saturated carbocycles. The highest BCUT2D eigenvalue weighted by Gasteiger charge is 2.47. The summed E-state index contributed by atoms with van der Waals surface area (Å²) in [6.07, 6.45) is 4.50. The average Bonchev–Trinajstić information content (AvgIpc) is 3.60. The van der Waals surface area contributed by atoms with Crippen molar-refractivity contribution >= 4 is 39.6 Å². The van der Waals surface area contributed by atoms with Gasteiger partial charge in [0.25, 0.3) is 5.91 Å². The zero-order chi connectivity index (χ0) is 37.7. The molecule has 0 aliphatic heterocycles. The van der Waals surface area contributed by atoms with E-state index in [1.165, 1.54) is 50.5 Å². The topological polar surface area (TPSA) is 80.3 Å². The van der Waals surface area contributed by atoms with Gasteiger partial charge in [-0.3, -0.25) is 9.59 Å². The summed E-state index contributed by atoms with van der Waals surface area (Å²) in [4.78, 5) is 27.8. The number of benzene rings is 2. The molecule has 2 N–H and O–H groups in total. The molecule has 11 heteroatoms. The van der Waals surface area contributed by atoms with Gasteiger partial charge in [0, 0.05) is 25.4 Å². The van der Waals surface area contributed by atoms with E-state index in [0.717, 1.165) is 51.2 Å². The number of hydrogen-bond acceptors (Lipinski definition) is 5. The lowest BCUT2D eigenvalue weighted by molar-refractivity contribution is -0.140. The van der Waals surface area contributed by atoms with Crippen LogP contribution in [0.5, 0.6) is 0 Å². The number of amides is 2. The lowest BCUT2D eigenvalue weighted by atomic mass is 9.53. The number of hydrogen-bond donors (Lipinski definition) is 2. The number of halogens is 4. The van der Waals surface area contributed by atoms with Crippen LogP contribution in [0.1, 0.15) is 119 Å². The Hall–Kier alpha value is -3.05. The fourth-order valence-corrected chi connectivity index (χ4v) is 9.31. The summed E-state index contributed by atoms with van der Waals surface area (Å²) in [5.41, 5.74) is 2.22. The van der Waals surface area contributed by atoms with Gasteiger partial charge >= 0.3 is 6.18 Å². The molecule has 4 fully saturated rings. The molecule has 6 nitrogen and oxygen atoms in total. The molecule has 2 bridgehead atoms. The van der Waals surface area contributed by atoms with Crippen molar-refractivity contribution in [3.8, 4) is 0 Å². The van der Waals surface area contributed by atoms with Gasteiger partial charge in [0.05, 0.1) is 26.4 Å². The van der Waals surface area contributed by atoms with Crippen LogP contribution in [0, 0.1) is 47.7 Å². The molecule has 7 unspecified atom stereocenters. The van der Waals surface area contributed by atoms with Gasteiger partial charge < -0.3 is 15.4 Å². The van der Waals surface area contributed by atoms with Crippen LogP contribution in [-0.2, 0) is 15.7 Å². The summed E-state index contributed by atoms with van der Waals surface area (Å²) >= 11 is 1.67. The third-order valence-corrected chi connectivity index (χ3v) is 12.9. The fraction of sp³-hybridized carbons (Fsp3) is 0.625. The molecule has 0 spiro atoms. The third-order valence-electron chi connectivity index (χ3n) is 11.9. The molecule has 0 radical (unpaired) electrons. The largest absolute Gasteiger partial charge is 0.419 e. The summed E-state index contributed by atoms with van der Waals surface area (Å²) in [5, 5.41) is 6.48. The number of rotatable bonds is 8. The molecule has 1 aromatic heterocycles. The van der Waals surface area contributed by atoms with E-state index in [9.17, 15) is 27.2 Å². The lowest BCUT2D eigenvalue weighted by Gasteiger charge is -2.52. The molecular weight excluding hydrogens is 679 g/mol. The van der Waals surface area contributed by atoms with E-state index in [4.69, 9.17) is 4.74 Å². The predicted molar refractivity (Wildman–Crippen MR) is 198 cm³/mol. The third kappa shape index (κ3) is 9.13. The second kappa shape index (κ2) is 17.2. The number of methoxy groups -OCH3 is 1. The van der Waals surface area contributed by atoms with Gasteiger partial charge in [-0.2, -0.15) is 13.2 Å². The predicted octanol–water partition coefficient (Wildman–Crippen LogP) is 10.8. The molecule has 4 aliphatic carbocycles. The van der Waals surface area contributed by atoms with E-state index in [1.54, 1.807) is 18.4 Å². The molecular formula is C40H55F4N3O3S. The first-order valence-corrected chi connectivity index (χ1v) is 19.3. The van der Waals surface area contributed by atoms with Gasteiger partial charge in [0.1, 0.15) is 5.82 Å². The van der Waals surface area contributed by atoms with E-state index >= 15 is 0 Å². The molecule has 7 atom stereocenters. The maximum absolute atomic E-state index is 13.3. The Morgan fingerprint density at radius 2 is 1.76 bits per heavy atom. The van der Waals surface area contributed by atoms with Crippen LogP contribution in [0.15, 0.2) is 30.3 Å². The Labute approximate surface area is 304 Å². The van der Waals surface area contributed by atoms with Gasteiger partial charge in [-0.25, -0.2) is 9.37 Å². The Balaban J connectivity index is 0.000000185. The first-order chi connectivity index (χ1) is 24.2. The van der Waals surface area contributed by atoms with Crippen molar-refractivity contribution in [1.29, 1.82) is 0 Å². The van der Waals surface area contributed by atoms with E-state index in [0.29, 0.717) is 41.3 Å². The number of carbonyl (C=O) groups is 2. The first-order valence-electron chi connectivity index (χ1n) is 18.5.